The van der Waals surface area contributed by atoms with Crippen molar-refractivity contribution in [2.24, 2.45) is 0 Å². The molecule has 3 rings (SSSR count). The highest BCUT2D eigenvalue weighted by Crippen LogP contribution is 2.29. The molecule has 0 fully saturated rings. The van der Waals surface area contributed by atoms with Crippen molar-refractivity contribution in [3.8, 4) is 0 Å². The van der Waals surface area contributed by atoms with Gasteiger partial charge in [0.15, 0.2) is 0 Å². The Labute approximate surface area is 257 Å². The molecule has 0 saturated heterocycles. The molecule has 0 aromatic heterocycles. The van der Waals surface area contributed by atoms with E-state index in [-0.39, 0.29) is 23.4 Å². The maximum atomic E-state index is 14.2. The van der Waals surface area contributed by atoms with E-state index in [1.165, 1.54) is 29.2 Å². The summed E-state index contributed by atoms with van der Waals surface area (Å²) in [4.78, 5) is 28.9. The number of rotatable bonds is 12. The molecule has 3 aromatic carbocycles. The Balaban J connectivity index is 2.09. The lowest BCUT2D eigenvalue weighted by Gasteiger charge is -2.34. The zero-order valence-electron chi connectivity index (χ0n) is 23.4. The zero-order valence-corrected chi connectivity index (χ0v) is 26.5. The molecular weight excluding hydrogens is 605 g/mol. The summed E-state index contributed by atoms with van der Waals surface area (Å²) >= 11 is 18.6. The van der Waals surface area contributed by atoms with Crippen molar-refractivity contribution in [1.29, 1.82) is 0 Å². The van der Waals surface area contributed by atoms with Gasteiger partial charge in [0.2, 0.25) is 11.8 Å². The van der Waals surface area contributed by atoms with Gasteiger partial charge in [0.1, 0.15) is 12.6 Å². The quantitative estimate of drug-likeness (QED) is 0.235. The lowest BCUT2D eigenvalue weighted by molar-refractivity contribution is -0.140. The Bertz CT molecular complexity index is 1480. The number of nitrogens with zero attached hydrogens (tertiary/aromatic N) is 2. The van der Waals surface area contributed by atoms with E-state index in [2.05, 4.69) is 5.32 Å². The molecule has 0 aliphatic rings. The summed E-state index contributed by atoms with van der Waals surface area (Å²) < 4.78 is 29.0. The third kappa shape index (κ3) is 8.16. The third-order valence-corrected chi connectivity index (χ3v) is 9.42. The van der Waals surface area contributed by atoms with Gasteiger partial charge in [-0.05, 0) is 80.3 Å². The summed E-state index contributed by atoms with van der Waals surface area (Å²) in [7, 11) is -4.20. The number of amides is 2. The summed E-state index contributed by atoms with van der Waals surface area (Å²) in [5.74, 6) is -0.897. The van der Waals surface area contributed by atoms with Crippen molar-refractivity contribution in [2.75, 3.05) is 10.8 Å². The predicted molar refractivity (Wildman–Crippen MR) is 166 cm³/mol. The number of halogens is 3. The molecule has 2 atom stereocenters. The fourth-order valence-electron chi connectivity index (χ4n) is 4.28. The fraction of sp³-hybridized carbons (Fsp3) is 0.333. The molecule has 0 unspecified atom stereocenters. The molecule has 41 heavy (non-hydrogen) atoms. The topological polar surface area (TPSA) is 86.8 Å². The number of para-hydroxylation sites is 1. The van der Waals surface area contributed by atoms with Crippen LogP contribution >= 0.6 is 34.8 Å². The van der Waals surface area contributed by atoms with Gasteiger partial charge < -0.3 is 10.2 Å². The lowest BCUT2D eigenvalue weighted by atomic mass is 10.1. The number of benzene rings is 3. The standard InChI is InChI=1S/C30H34Cl3N3O4S/c1-5-21(4)34-30(38)27(6-2)35(18-22-11-12-24(32)17-26(22)33)29(37)19-36(28-10-8-7-9-20(28)3)41(39,40)25-15-13-23(31)14-16-25/h7-17,21,27H,5-6,18-19H2,1-4H3,(H,34,38)/t21-,27+/m0/s1. The number of carbonyl (C=O) groups is 2. The van der Waals surface area contributed by atoms with E-state index in [9.17, 15) is 18.0 Å². The normalized spacial score (nSPS) is 12.9. The van der Waals surface area contributed by atoms with E-state index < -0.39 is 28.5 Å². The number of hydrogen-bond donors (Lipinski definition) is 1. The zero-order chi connectivity index (χ0) is 30.3. The summed E-state index contributed by atoms with van der Waals surface area (Å²) in [6.45, 7) is 6.82. The Hall–Kier alpha value is -2.78. The molecule has 2 amide bonds. The van der Waals surface area contributed by atoms with Crippen LogP contribution in [0.25, 0.3) is 0 Å². The molecule has 0 bridgehead atoms. The van der Waals surface area contributed by atoms with Gasteiger partial charge in [0.25, 0.3) is 10.0 Å². The van der Waals surface area contributed by atoms with Crippen LogP contribution in [0.2, 0.25) is 15.1 Å². The highest BCUT2D eigenvalue weighted by Gasteiger charge is 2.34. The van der Waals surface area contributed by atoms with Crippen molar-refractivity contribution >= 4 is 62.3 Å². The van der Waals surface area contributed by atoms with Gasteiger partial charge in [-0.3, -0.25) is 13.9 Å². The summed E-state index contributed by atoms with van der Waals surface area (Å²) in [6, 6.07) is 16.6. The molecule has 0 spiro atoms. The molecule has 220 valence electrons. The van der Waals surface area contributed by atoms with Crippen molar-refractivity contribution < 1.29 is 18.0 Å². The minimum absolute atomic E-state index is 0.0215. The van der Waals surface area contributed by atoms with Crippen LogP contribution in [0.15, 0.2) is 71.6 Å². The van der Waals surface area contributed by atoms with Crippen LogP contribution in [0, 0.1) is 6.92 Å². The lowest BCUT2D eigenvalue weighted by Crippen LogP contribution is -2.53. The van der Waals surface area contributed by atoms with Crippen LogP contribution in [0.4, 0.5) is 5.69 Å². The molecule has 0 aliphatic carbocycles. The van der Waals surface area contributed by atoms with E-state index in [0.717, 1.165) is 4.31 Å². The SMILES string of the molecule is CC[C@H](C(=O)N[C@@H](C)CC)N(Cc1ccc(Cl)cc1Cl)C(=O)CN(c1ccccc1C)S(=O)(=O)c1ccc(Cl)cc1. The monoisotopic (exact) mass is 637 g/mol. The smallest absolute Gasteiger partial charge is 0.264 e. The number of carbonyl (C=O) groups excluding carboxylic acids is 2. The van der Waals surface area contributed by atoms with Crippen molar-refractivity contribution in [3.05, 3.63) is 92.9 Å². The van der Waals surface area contributed by atoms with Crippen LogP contribution in [0.5, 0.6) is 0 Å². The number of sulfonamides is 1. The number of anilines is 1. The van der Waals surface area contributed by atoms with Crippen LogP contribution in [-0.2, 0) is 26.2 Å². The molecule has 0 heterocycles. The van der Waals surface area contributed by atoms with Gasteiger partial charge in [-0.2, -0.15) is 0 Å². The van der Waals surface area contributed by atoms with Gasteiger partial charge in [0, 0.05) is 27.7 Å². The van der Waals surface area contributed by atoms with E-state index >= 15 is 0 Å². The maximum Gasteiger partial charge on any atom is 0.264 e. The summed E-state index contributed by atoms with van der Waals surface area (Å²) in [5, 5.41) is 4.09. The molecule has 11 heteroatoms. The van der Waals surface area contributed by atoms with E-state index in [0.29, 0.717) is 44.7 Å². The van der Waals surface area contributed by atoms with Crippen LogP contribution in [0.3, 0.4) is 0 Å². The first-order valence-corrected chi connectivity index (χ1v) is 15.8. The van der Waals surface area contributed by atoms with Crippen LogP contribution in [0.1, 0.15) is 44.7 Å². The molecule has 1 N–H and O–H groups in total. The predicted octanol–water partition coefficient (Wildman–Crippen LogP) is 6.87. The number of aryl methyl sites for hydroxylation is 1. The molecular formula is C30H34Cl3N3O4S. The summed E-state index contributed by atoms with van der Waals surface area (Å²) in [6.07, 6.45) is 1.01. The first kappa shape index (κ1) is 32.7. The average molecular weight is 639 g/mol. The van der Waals surface area contributed by atoms with Crippen molar-refractivity contribution in [1.82, 2.24) is 10.2 Å². The Morgan fingerprint density at radius 2 is 1.54 bits per heavy atom. The van der Waals surface area contributed by atoms with Gasteiger partial charge in [-0.1, -0.05) is 72.9 Å². The molecule has 0 saturated carbocycles. The first-order chi connectivity index (χ1) is 19.4. The second kappa shape index (κ2) is 14.4. The molecule has 0 aliphatic heterocycles. The van der Waals surface area contributed by atoms with Gasteiger partial charge in [-0.25, -0.2) is 8.42 Å². The second-order valence-corrected chi connectivity index (χ2v) is 12.9. The highest BCUT2D eigenvalue weighted by atomic mass is 35.5. The molecule has 7 nitrogen and oxygen atoms in total. The van der Waals surface area contributed by atoms with E-state index in [1.54, 1.807) is 56.3 Å². The highest BCUT2D eigenvalue weighted by molar-refractivity contribution is 7.92. The van der Waals surface area contributed by atoms with Gasteiger partial charge in [0.05, 0.1) is 10.6 Å². The number of nitrogens with one attached hydrogen (secondary N) is 1. The molecule has 3 aromatic rings. The maximum absolute atomic E-state index is 14.2. The van der Waals surface area contributed by atoms with E-state index in [4.69, 9.17) is 34.8 Å². The van der Waals surface area contributed by atoms with Crippen LogP contribution < -0.4 is 9.62 Å². The van der Waals surface area contributed by atoms with Crippen molar-refractivity contribution in [3.63, 3.8) is 0 Å². The molecule has 0 radical (unpaired) electrons. The third-order valence-electron chi connectivity index (χ3n) is 6.81. The Morgan fingerprint density at radius 3 is 2.12 bits per heavy atom. The van der Waals surface area contributed by atoms with Gasteiger partial charge >= 0.3 is 0 Å². The van der Waals surface area contributed by atoms with Crippen LogP contribution in [-0.4, -0.2) is 43.8 Å². The minimum Gasteiger partial charge on any atom is -0.352 e. The minimum atomic E-state index is -4.20. The Kier molecular flexibility index (Phi) is 11.5. The fourth-order valence-corrected chi connectivity index (χ4v) is 6.36. The Morgan fingerprint density at radius 1 is 0.902 bits per heavy atom. The average Bonchev–Trinajstić information content (AvgIpc) is 2.93. The summed E-state index contributed by atoms with van der Waals surface area (Å²) in [5.41, 5.74) is 1.58. The van der Waals surface area contributed by atoms with Gasteiger partial charge in [-0.15, -0.1) is 0 Å². The largest absolute Gasteiger partial charge is 0.352 e. The second-order valence-electron chi connectivity index (χ2n) is 9.75. The first-order valence-electron chi connectivity index (χ1n) is 13.3. The van der Waals surface area contributed by atoms with Crippen molar-refractivity contribution in [2.45, 2.75) is 64.1 Å². The number of hydrogen-bond acceptors (Lipinski definition) is 4. The van der Waals surface area contributed by atoms with E-state index in [1.807, 2.05) is 13.8 Å².